The second-order valence-corrected chi connectivity index (χ2v) is 12.4. The standard InChI is InChI=1S/C26H38O8/c1-13(27)31-16-11-25(7)17-8-9-24(6)20(32-14(2)28)12-30-22(24)26(17)19(34-26)10-18(25)23(4,5)21(16)33-15(3)29/h16-22H,8-12H2,1-7H3. The molecule has 0 N–H and O–H groups in total. The van der Waals surface area contributed by atoms with Crippen molar-refractivity contribution in [3.05, 3.63) is 0 Å². The van der Waals surface area contributed by atoms with Gasteiger partial charge in [0.1, 0.15) is 23.9 Å². The molecule has 2 saturated heterocycles. The van der Waals surface area contributed by atoms with E-state index in [1.807, 2.05) is 0 Å². The first-order valence-corrected chi connectivity index (χ1v) is 12.6. The molecule has 5 aliphatic rings. The van der Waals surface area contributed by atoms with E-state index in [0.717, 1.165) is 19.3 Å². The van der Waals surface area contributed by atoms with Gasteiger partial charge in [-0.05, 0) is 42.9 Å². The quantitative estimate of drug-likeness (QED) is 0.346. The van der Waals surface area contributed by atoms with E-state index < -0.39 is 23.2 Å². The van der Waals surface area contributed by atoms with Crippen molar-refractivity contribution in [2.24, 2.45) is 28.1 Å². The number of carbonyl (C=O) groups is 3. The molecule has 0 bridgehead atoms. The molecule has 3 saturated carbocycles. The lowest BCUT2D eigenvalue weighted by Crippen LogP contribution is -2.68. The molecule has 5 rings (SSSR count). The zero-order valence-electron chi connectivity index (χ0n) is 21.3. The number of esters is 3. The van der Waals surface area contributed by atoms with Gasteiger partial charge in [0.15, 0.2) is 0 Å². The number of carbonyl (C=O) groups excluding carboxylic acids is 3. The molecule has 2 aliphatic heterocycles. The molecule has 190 valence electrons. The Balaban J connectivity index is 1.51. The first kappa shape index (κ1) is 24.0. The van der Waals surface area contributed by atoms with Crippen LogP contribution >= 0.6 is 0 Å². The number of epoxide rings is 1. The Morgan fingerprint density at radius 2 is 1.50 bits per heavy atom. The van der Waals surface area contributed by atoms with E-state index in [2.05, 4.69) is 27.7 Å². The Hall–Kier alpha value is -1.67. The molecular formula is C26H38O8. The summed E-state index contributed by atoms with van der Waals surface area (Å²) in [6.07, 6.45) is 1.83. The van der Waals surface area contributed by atoms with Gasteiger partial charge in [-0.1, -0.05) is 27.7 Å². The number of rotatable bonds is 3. The highest BCUT2D eigenvalue weighted by molar-refractivity contribution is 5.67. The average molecular weight is 479 g/mol. The Labute approximate surface area is 201 Å². The van der Waals surface area contributed by atoms with Crippen molar-refractivity contribution >= 4 is 17.9 Å². The summed E-state index contributed by atoms with van der Waals surface area (Å²) in [6.45, 7) is 13.4. The van der Waals surface area contributed by atoms with E-state index >= 15 is 0 Å². The topological polar surface area (TPSA) is 101 Å². The Morgan fingerprint density at radius 3 is 2.12 bits per heavy atom. The molecule has 8 heteroatoms. The van der Waals surface area contributed by atoms with Gasteiger partial charge < -0.3 is 23.7 Å². The van der Waals surface area contributed by atoms with Gasteiger partial charge in [-0.25, -0.2) is 0 Å². The molecule has 3 aliphatic carbocycles. The molecular weight excluding hydrogens is 440 g/mol. The molecule has 1 spiro atoms. The molecule has 34 heavy (non-hydrogen) atoms. The molecule has 0 amide bonds. The van der Waals surface area contributed by atoms with Crippen LogP contribution < -0.4 is 0 Å². The summed E-state index contributed by atoms with van der Waals surface area (Å²) >= 11 is 0. The highest BCUT2D eigenvalue weighted by Gasteiger charge is 2.82. The van der Waals surface area contributed by atoms with E-state index in [-0.39, 0.29) is 58.9 Å². The van der Waals surface area contributed by atoms with Crippen LogP contribution in [0.5, 0.6) is 0 Å². The second kappa shape index (κ2) is 7.42. The van der Waals surface area contributed by atoms with E-state index in [0.29, 0.717) is 13.0 Å². The smallest absolute Gasteiger partial charge is 0.303 e. The van der Waals surface area contributed by atoms with Crippen LogP contribution in [0.25, 0.3) is 0 Å². The van der Waals surface area contributed by atoms with Crippen molar-refractivity contribution in [2.45, 2.75) is 110 Å². The Bertz CT molecular complexity index is 914. The van der Waals surface area contributed by atoms with Crippen LogP contribution in [-0.2, 0) is 38.1 Å². The zero-order chi connectivity index (χ0) is 24.8. The molecule has 10 atom stereocenters. The van der Waals surface area contributed by atoms with E-state index in [1.165, 1.54) is 20.8 Å². The van der Waals surface area contributed by atoms with Gasteiger partial charge in [0.2, 0.25) is 0 Å². The highest BCUT2D eigenvalue weighted by Crippen LogP contribution is 2.74. The summed E-state index contributed by atoms with van der Waals surface area (Å²) in [6, 6.07) is 0. The number of ether oxygens (including phenoxy) is 5. The minimum absolute atomic E-state index is 0.0545. The van der Waals surface area contributed by atoms with Crippen LogP contribution in [0.15, 0.2) is 0 Å². The molecule has 8 nitrogen and oxygen atoms in total. The van der Waals surface area contributed by atoms with Gasteiger partial charge in [0.25, 0.3) is 0 Å². The van der Waals surface area contributed by atoms with Gasteiger partial charge in [0.05, 0.1) is 18.8 Å². The first-order chi connectivity index (χ1) is 15.8. The summed E-state index contributed by atoms with van der Waals surface area (Å²) in [4.78, 5) is 35.8. The predicted molar refractivity (Wildman–Crippen MR) is 119 cm³/mol. The summed E-state index contributed by atoms with van der Waals surface area (Å²) in [7, 11) is 0. The van der Waals surface area contributed by atoms with Gasteiger partial charge in [-0.3, -0.25) is 14.4 Å². The Morgan fingerprint density at radius 1 is 0.853 bits per heavy atom. The van der Waals surface area contributed by atoms with Crippen LogP contribution in [0.1, 0.15) is 74.1 Å². The molecule has 2 heterocycles. The predicted octanol–water partition coefficient (Wildman–Crippen LogP) is 3.19. The number of hydrogen-bond donors (Lipinski definition) is 0. The Kier molecular flexibility index (Phi) is 5.25. The van der Waals surface area contributed by atoms with Crippen LogP contribution in [0, 0.1) is 28.1 Å². The van der Waals surface area contributed by atoms with Crippen LogP contribution in [0.3, 0.4) is 0 Å². The van der Waals surface area contributed by atoms with Gasteiger partial charge in [-0.15, -0.1) is 0 Å². The molecule has 10 unspecified atom stereocenters. The minimum Gasteiger partial charge on any atom is -0.459 e. The monoisotopic (exact) mass is 478 g/mol. The summed E-state index contributed by atoms with van der Waals surface area (Å²) < 4.78 is 30.3. The van der Waals surface area contributed by atoms with E-state index in [1.54, 1.807) is 0 Å². The van der Waals surface area contributed by atoms with E-state index in [9.17, 15) is 14.4 Å². The lowest BCUT2D eigenvalue weighted by molar-refractivity contribution is -0.229. The number of hydrogen-bond acceptors (Lipinski definition) is 8. The van der Waals surface area contributed by atoms with Crippen molar-refractivity contribution in [1.82, 2.24) is 0 Å². The maximum absolute atomic E-state index is 12.0. The van der Waals surface area contributed by atoms with Gasteiger partial charge >= 0.3 is 17.9 Å². The lowest BCUT2D eigenvalue weighted by Gasteiger charge is -2.63. The third-order valence-corrected chi connectivity index (χ3v) is 10.0. The van der Waals surface area contributed by atoms with Crippen molar-refractivity contribution in [1.29, 1.82) is 0 Å². The SMILES string of the molecule is CC(=O)OC1CC2(C)C(CC3OC34C2CCC2(C)C(OC(C)=O)COC24)C(C)(C)C1OC(C)=O. The van der Waals surface area contributed by atoms with E-state index in [4.69, 9.17) is 23.7 Å². The molecule has 0 aromatic rings. The second-order valence-electron chi connectivity index (χ2n) is 12.4. The maximum Gasteiger partial charge on any atom is 0.303 e. The third-order valence-electron chi connectivity index (χ3n) is 10.0. The fourth-order valence-corrected chi connectivity index (χ4v) is 8.84. The molecule has 0 aromatic heterocycles. The average Bonchev–Trinajstić information content (AvgIpc) is 3.31. The van der Waals surface area contributed by atoms with Crippen LogP contribution in [0.4, 0.5) is 0 Å². The van der Waals surface area contributed by atoms with Crippen molar-refractivity contribution < 1.29 is 38.1 Å². The fourth-order valence-electron chi connectivity index (χ4n) is 8.84. The zero-order valence-corrected chi connectivity index (χ0v) is 21.3. The molecule has 0 aromatic carbocycles. The highest BCUT2D eigenvalue weighted by atomic mass is 16.7. The van der Waals surface area contributed by atoms with Crippen molar-refractivity contribution in [3.8, 4) is 0 Å². The first-order valence-electron chi connectivity index (χ1n) is 12.6. The van der Waals surface area contributed by atoms with Gasteiger partial charge in [-0.2, -0.15) is 0 Å². The molecule has 5 fully saturated rings. The normalized spacial score (nSPS) is 50.0. The maximum atomic E-state index is 12.0. The molecule has 0 radical (unpaired) electrons. The third kappa shape index (κ3) is 3.13. The van der Waals surface area contributed by atoms with Crippen LogP contribution in [-0.4, -0.2) is 60.6 Å². The summed E-state index contributed by atoms with van der Waals surface area (Å²) in [5.41, 5.74) is -1.32. The lowest BCUT2D eigenvalue weighted by atomic mass is 9.41. The van der Waals surface area contributed by atoms with Crippen LogP contribution in [0.2, 0.25) is 0 Å². The summed E-state index contributed by atoms with van der Waals surface area (Å²) in [5.74, 6) is -0.597. The minimum atomic E-state index is -0.517. The summed E-state index contributed by atoms with van der Waals surface area (Å²) in [5, 5.41) is 0. The largest absolute Gasteiger partial charge is 0.459 e. The fraction of sp³-hybridized carbons (Fsp3) is 0.885. The van der Waals surface area contributed by atoms with Gasteiger partial charge in [0, 0.05) is 31.6 Å². The number of fused-ring (bicyclic) bond motifs is 3. The van der Waals surface area contributed by atoms with Crippen molar-refractivity contribution in [2.75, 3.05) is 6.61 Å². The van der Waals surface area contributed by atoms with Crippen molar-refractivity contribution in [3.63, 3.8) is 0 Å².